The number of hydrogen-bond acceptors (Lipinski definition) is 1. The van der Waals surface area contributed by atoms with Gasteiger partial charge in [0.25, 0.3) is 0 Å². The average molecular weight is 292 g/mol. The smallest absolute Gasteiger partial charge is 0.0853 e. The summed E-state index contributed by atoms with van der Waals surface area (Å²) in [5, 5.41) is 0. The minimum atomic E-state index is -0.246. The number of rotatable bonds is 2. The molecular formula is C21H24O. The third kappa shape index (κ3) is 2.86. The molecule has 1 nitrogen and oxygen atoms in total. The van der Waals surface area contributed by atoms with Crippen molar-refractivity contribution in [2.75, 3.05) is 0 Å². The van der Waals surface area contributed by atoms with Gasteiger partial charge in [0.2, 0.25) is 0 Å². The Hall–Kier alpha value is -1.86. The highest BCUT2D eigenvalue weighted by molar-refractivity contribution is 5.83. The third-order valence-electron chi connectivity index (χ3n) is 4.29. The highest BCUT2D eigenvalue weighted by Gasteiger charge is 2.43. The first-order valence-electron chi connectivity index (χ1n) is 7.94. The number of benzene rings is 2. The number of hydrogen-bond donors (Lipinski definition) is 0. The van der Waals surface area contributed by atoms with Gasteiger partial charge in [-0.15, -0.1) is 0 Å². The fourth-order valence-corrected chi connectivity index (χ4v) is 3.54. The largest absolute Gasteiger partial charge is 0.365 e. The molecule has 1 heteroatoms. The van der Waals surface area contributed by atoms with E-state index < -0.39 is 0 Å². The van der Waals surface area contributed by atoms with Crippen molar-refractivity contribution in [3.63, 3.8) is 0 Å². The summed E-state index contributed by atoms with van der Waals surface area (Å²) in [6, 6.07) is 21.3. The van der Waals surface area contributed by atoms with Crippen molar-refractivity contribution in [3.05, 3.63) is 77.4 Å². The van der Waals surface area contributed by atoms with Crippen molar-refractivity contribution < 1.29 is 4.74 Å². The monoisotopic (exact) mass is 292 g/mol. The Kier molecular flexibility index (Phi) is 3.70. The zero-order chi connectivity index (χ0) is 15.8. The lowest BCUT2D eigenvalue weighted by Gasteiger charge is -2.25. The van der Waals surface area contributed by atoms with Gasteiger partial charge in [-0.25, -0.2) is 0 Å². The zero-order valence-electron chi connectivity index (χ0n) is 13.9. The molecule has 22 heavy (non-hydrogen) atoms. The van der Waals surface area contributed by atoms with Crippen molar-refractivity contribution in [2.24, 2.45) is 0 Å². The van der Waals surface area contributed by atoms with Gasteiger partial charge in [-0.05, 0) is 50.0 Å². The normalized spacial score (nSPS) is 19.2. The first kappa shape index (κ1) is 15.1. The van der Waals surface area contributed by atoms with E-state index in [2.05, 4.69) is 88.4 Å². The molecule has 0 amide bonds. The Labute approximate surface area is 133 Å². The summed E-state index contributed by atoms with van der Waals surface area (Å²) < 4.78 is 6.31. The van der Waals surface area contributed by atoms with Gasteiger partial charge >= 0.3 is 0 Å². The van der Waals surface area contributed by atoms with Crippen LogP contribution in [0.15, 0.2) is 66.2 Å². The molecule has 0 atom stereocenters. The SMILES string of the molecule is CC1(C)CC(=C(c2ccccc2)c2ccccc2)C(C)(C)O1. The Morgan fingerprint density at radius 2 is 1.23 bits per heavy atom. The number of ether oxygens (including phenoxy) is 1. The second-order valence-electron chi connectivity index (χ2n) is 7.13. The van der Waals surface area contributed by atoms with E-state index >= 15 is 0 Å². The predicted octanol–water partition coefficient (Wildman–Crippen LogP) is 5.47. The Balaban J connectivity index is 2.25. The van der Waals surface area contributed by atoms with Crippen molar-refractivity contribution >= 4 is 5.57 Å². The van der Waals surface area contributed by atoms with Gasteiger partial charge < -0.3 is 4.74 Å². The van der Waals surface area contributed by atoms with Crippen molar-refractivity contribution in [1.29, 1.82) is 0 Å². The van der Waals surface area contributed by atoms with E-state index in [9.17, 15) is 0 Å². The molecule has 1 fully saturated rings. The van der Waals surface area contributed by atoms with Crippen molar-refractivity contribution in [2.45, 2.75) is 45.3 Å². The van der Waals surface area contributed by atoms with Crippen molar-refractivity contribution in [1.82, 2.24) is 0 Å². The second-order valence-corrected chi connectivity index (χ2v) is 7.13. The first-order valence-corrected chi connectivity index (χ1v) is 7.94. The Morgan fingerprint density at radius 3 is 1.59 bits per heavy atom. The second kappa shape index (κ2) is 5.40. The molecule has 114 valence electrons. The molecule has 0 saturated carbocycles. The van der Waals surface area contributed by atoms with Crippen LogP contribution in [-0.4, -0.2) is 11.2 Å². The lowest BCUT2D eigenvalue weighted by molar-refractivity contribution is -0.0566. The maximum Gasteiger partial charge on any atom is 0.0853 e. The molecule has 0 unspecified atom stereocenters. The molecule has 2 aromatic carbocycles. The van der Waals surface area contributed by atoms with E-state index in [1.165, 1.54) is 22.3 Å². The van der Waals surface area contributed by atoms with E-state index in [1.807, 2.05) is 0 Å². The van der Waals surface area contributed by atoms with E-state index in [1.54, 1.807) is 0 Å². The van der Waals surface area contributed by atoms with E-state index in [4.69, 9.17) is 4.74 Å². The summed E-state index contributed by atoms with van der Waals surface area (Å²) in [5.74, 6) is 0. The molecule has 0 radical (unpaired) electrons. The summed E-state index contributed by atoms with van der Waals surface area (Å²) in [5.41, 5.74) is 4.86. The Bertz CT molecular complexity index is 637. The zero-order valence-corrected chi connectivity index (χ0v) is 13.9. The topological polar surface area (TPSA) is 9.23 Å². The first-order chi connectivity index (χ1) is 10.4. The minimum Gasteiger partial charge on any atom is -0.365 e. The summed E-state index contributed by atoms with van der Waals surface area (Å²) in [4.78, 5) is 0. The van der Waals surface area contributed by atoms with Gasteiger partial charge in [-0.3, -0.25) is 0 Å². The van der Waals surface area contributed by atoms with Gasteiger partial charge in [-0.1, -0.05) is 60.7 Å². The van der Waals surface area contributed by atoms with Crippen LogP contribution in [0.3, 0.4) is 0 Å². The summed E-state index contributed by atoms with van der Waals surface area (Å²) in [6.07, 6.45) is 0.957. The average Bonchev–Trinajstić information content (AvgIpc) is 2.69. The Morgan fingerprint density at radius 1 is 0.773 bits per heavy atom. The van der Waals surface area contributed by atoms with Crippen molar-refractivity contribution in [3.8, 4) is 0 Å². The minimum absolute atomic E-state index is 0.117. The molecule has 1 heterocycles. The van der Waals surface area contributed by atoms with E-state index in [0.29, 0.717) is 0 Å². The summed E-state index contributed by atoms with van der Waals surface area (Å²) >= 11 is 0. The van der Waals surface area contributed by atoms with Gasteiger partial charge in [0.1, 0.15) is 0 Å². The molecule has 0 bridgehead atoms. The standard InChI is InChI=1S/C21H24O/c1-20(2)15-18(21(3,4)22-20)19(16-11-7-5-8-12-16)17-13-9-6-10-14-17/h5-14H,15H2,1-4H3. The molecule has 0 aromatic heterocycles. The van der Waals surface area contributed by atoms with Gasteiger partial charge in [0.05, 0.1) is 11.2 Å². The quantitative estimate of drug-likeness (QED) is 0.713. The third-order valence-corrected chi connectivity index (χ3v) is 4.29. The molecular weight excluding hydrogens is 268 g/mol. The molecule has 1 aliphatic rings. The highest BCUT2D eigenvalue weighted by Crippen LogP contribution is 2.46. The van der Waals surface area contributed by atoms with Crippen LogP contribution in [0.5, 0.6) is 0 Å². The maximum absolute atomic E-state index is 6.31. The van der Waals surface area contributed by atoms with E-state index in [0.717, 1.165) is 6.42 Å². The van der Waals surface area contributed by atoms with Crippen LogP contribution in [0, 0.1) is 0 Å². The molecule has 0 N–H and O–H groups in total. The fraction of sp³-hybridized carbons (Fsp3) is 0.333. The lowest BCUT2D eigenvalue weighted by atomic mass is 9.83. The maximum atomic E-state index is 6.31. The van der Waals surface area contributed by atoms with Crippen LogP contribution in [0.1, 0.15) is 45.2 Å². The van der Waals surface area contributed by atoms with Gasteiger partial charge in [0, 0.05) is 6.42 Å². The van der Waals surface area contributed by atoms with Crippen LogP contribution in [0.4, 0.5) is 0 Å². The molecule has 1 aliphatic heterocycles. The van der Waals surface area contributed by atoms with Crippen LogP contribution in [0.2, 0.25) is 0 Å². The van der Waals surface area contributed by atoms with Gasteiger partial charge in [0.15, 0.2) is 0 Å². The summed E-state index contributed by atoms with van der Waals surface area (Å²) in [6.45, 7) is 8.72. The molecule has 3 rings (SSSR count). The molecule has 2 aromatic rings. The lowest BCUT2D eigenvalue weighted by Crippen LogP contribution is -2.26. The van der Waals surface area contributed by atoms with Crippen LogP contribution < -0.4 is 0 Å². The van der Waals surface area contributed by atoms with Crippen LogP contribution in [0.25, 0.3) is 5.57 Å². The van der Waals surface area contributed by atoms with Gasteiger partial charge in [-0.2, -0.15) is 0 Å². The fourth-order valence-electron chi connectivity index (χ4n) is 3.54. The molecule has 0 aliphatic carbocycles. The van der Waals surface area contributed by atoms with E-state index in [-0.39, 0.29) is 11.2 Å². The molecule has 0 spiro atoms. The summed E-state index contributed by atoms with van der Waals surface area (Å²) in [7, 11) is 0. The van der Waals surface area contributed by atoms with Crippen LogP contribution >= 0.6 is 0 Å². The predicted molar refractivity (Wildman–Crippen MR) is 92.8 cm³/mol. The molecule has 1 saturated heterocycles. The van der Waals surface area contributed by atoms with Crippen LogP contribution in [-0.2, 0) is 4.74 Å². The highest BCUT2D eigenvalue weighted by atomic mass is 16.5.